The van der Waals surface area contributed by atoms with Gasteiger partial charge in [0.1, 0.15) is 5.75 Å². The van der Waals surface area contributed by atoms with Crippen molar-refractivity contribution in [3.63, 3.8) is 0 Å². The molecule has 0 spiro atoms. The first-order chi connectivity index (χ1) is 9.24. The van der Waals surface area contributed by atoms with Crippen molar-refractivity contribution < 1.29 is 18.7 Å². The Balaban J connectivity index is 2.02. The number of benzene rings is 1. The molecule has 0 saturated heterocycles. The highest BCUT2D eigenvalue weighted by Gasteiger charge is 2.15. The van der Waals surface area contributed by atoms with E-state index in [0.29, 0.717) is 5.75 Å². The van der Waals surface area contributed by atoms with Gasteiger partial charge in [-0.1, -0.05) is 0 Å². The summed E-state index contributed by atoms with van der Waals surface area (Å²) < 4.78 is 14.9. The zero-order valence-electron chi connectivity index (χ0n) is 10.7. The van der Waals surface area contributed by atoms with Crippen LogP contribution < -0.4 is 4.74 Å². The van der Waals surface area contributed by atoms with Gasteiger partial charge in [0.2, 0.25) is 5.76 Å². The average Bonchev–Trinajstić information content (AvgIpc) is 2.93. The van der Waals surface area contributed by atoms with Gasteiger partial charge in [-0.25, -0.2) is 4.79 Å². The number of hydrogen-bond acceptors (Lipinski definition) is 5. The lowest BCUT2D eigenvalue weighted by molar-refractivity contribution is 0.0564. The minimum Gasteiger partial charge on any atom is -0.497 e. The van der Waals surface area contributed by atoms with Gasteiger partial charge in [0.25, 0.3) is 0 Å². The Morgan fingerprint density at radius 1 is 1.21 bits per heavy atom. The number of hydrogen-bond donors (Lipinski definition) is 0. The molecule has 0 N–H and O–H groups in total. The van der Waals surface area contributed by atoms with Crippen LogP contribution in [0.25, 0.3) is 0 Å². The zero-order chi connectivity index (χ0) is 13.7. The highest BCUT2D eigenvalue weighted by molar-refractivity contribution is 7.98. The molecule has 0 bridgehead atoms. The van der Waals surface area contributed by atoms with Crippen molar-refractivity contribution in [2.24, 2.45) is 0 Å². The second-order valence-electron chi connectivity index (χ2n) is 3.73. The number of methoxy groups -OCH3 is 2. The van der Waals surface area contributed by atoms with Crippen LogP contribution >= 0.6 is 11.8 Å². The van der Waals surface area contributed by atoms with Crippen LogP contribution in [-0.4, -0.2) is 20.2 Å². The summed E-state index contributed by atoms with van der Waals surface area (Å²) in [5.74, 6) is 1.29. The van der Waals surface area contributed by atoms with Crippen molar-refractivity contribution in [1.29, 1.82) is 0 Å². The van der Waals surface area contributed by atoms with E-state index in [1.165, 1.54) is 13.4 Å². The van der Waals surface area contributed by atoms with Crippen LogP contribution in [0.2, 0.25) is 0 Å². The van der Waals surface area contributed by atoms with E-state index in [4.69, 9.17) is 9.15 Å². The summed E-state index contributed by atoms with van der Waals surface area (Å²) in [6.07, 6.45) is 1.50. The molecule has 0 saturated carbocycles. The first-order valence-electron chi connectivity index (χ1n) is 5.66. The molecule has 0 aliphatic carbocycles. The summed E-state index contributed by atoms with van der Waals surface area (Å²) in [5.41, 5.74) is 0.827. The molecule has 0 aliphatic rings. The quantitative estimate of drug-likeness (QED) is 0.620. The molecule has 0 aliphatic heterocycles. The van der Waals surface area contributed by atoms with E-state index in [-0.39, 0.29) is 5.76 Å². The van der Waals surface area contributed by atoms with E-state index in [2.05, 4.69) is 4.74 Å². The first-order valence-corrected chi connectivity index (χ1v) is 6.64. The van der Waals surface area contributed by atoms with Crippen molar-refractivity contribution >= 4 is 17.7 Å². The molecule has 19 heavy (non-hydrogen) atoms. The second-order valence-corrected chi connectivity index (χ2v) is 4.78. The predicted molar refractivity (Wildman–Crippen MR) is 72.6 cm³/mol. The van der Waals surface area contributed by atoms with Crippen molar-refractivity contribution in [1.82, 2.24) is 0 Å². The van der Waals surface area contributed by atoms with Gasteiger partial charge in [-0.05, 0) is 30.3 Å². The highest BCUT2D eigenvalue weighted by atomic mass is 32.2. The molecule has 2 rings (SSSR count). The fourth-order valence-corrected chi connectivity index (χ4v) is 2.43. The SMILES string of the molecule is COC(=O)c1occc1CSc1ccc(OC)cc1. The van der Waals surface area contributed by atoms with Gasteiger partial charge in [-0.2, -0.15) is 0 Å². The average molecular weight is 278 g/mol. The van der Waals surface area contributed by atoms with Crippen molar-refractivity contribution in [2.45, 2.75) is 10.6 Å². The molecule has 5 heteroatoms. The molecule has 100 valence electrons. The van der Waals surface area contributed by atoms with Crippen LogP contribution in [0, 0.1) is 0 Å². The smallest absolute Gasteiger partial charge is 0.374 e. The molecule has 0 amide bonds. The van der Waals surface area contributed by atoms with E-state index in [1.807, 2.05) is 24.3 Å². The molecule has 0 atom stereocenters. The van der Waals surface area contributed by atoms with E-state index in [0.717, 1.165) is 16.2 Å². The van der Waals surface area contributed by atoms with Crippen molar-refractivity contribution in [3.05, 3.63) is 47.9 Å². The minimum atomic E-state index is -0.449. The minimum absolute atomic E-state index is 0.267. The number of ether oxygens (including phenoxy) is 2. The maximum atomic E-state index is 11.4. The summed E-state index contributed by atoms with van der Waals surface area (Å²) in [5, 5.41) is 0. The van der Waals surface area contributed by atoms with Gasteiger partial charge < -0.3 is 13.9 Å². The molecule has 4 nitrogen and oxygen atoms in total. The number of esters is 1. The van der Waals surface area contributed by atoms with Crippen molar-refractivity contribution in [3.8, 4) is 5.75 Å². The van der Waals surface area contributed by atoms with Gasteiger partial charge in [-0.3, -0.25) is 0 Å². The maximum absolute atomic E-state index is 11.4. The molecule has 1 heterocycles. The van der Waals surface area contributed by atoms with Crippen LogP contribution in [0.1, 0.15) is 16.1 Å². The lowest BCUT2D eigenvalue weighted by Gasteiger charge is -2.03. The third-order valence-electron chi connectivity index (χ3n) is 2.57. The highest BCUT2D eigenvalue weighted by Crippen LogP contribution is 2.26. The summed E-state index contributed by atoms with van der Waals surface area (Å²) in [7, 11) is 2.97. The molecule has 0 unspecified atom stereocenters. The molecular weight excluding hydrogens is 264 g/mol. The molecule has 1 aromatic heterocycles. The number of furan rings is 1. The van der Waals surface area contributed by atoms with Gasteiger partial charge in [-0.15, -0.1) is 11.8 Å². The molecule has 2 aromatic rings. The molecule has 1 aromatic carbocycles. The van der Waals surface area contributed by atoms with E-state index < -0.39 is 5.97 Å². The Bertz CT molecular complexity index is 545. The van der Waals surface area contributed by atoms with Gasteiger partial charge in [0.05, 0.1) is 20.5 Å². The summed E-state index contributed by atoms with van der Waals surface area (Å²) in [6.45, 7) is 0. The first kappa shape index (κ1) is 13.5. The molecule has 0 fully saturated rings. The van der Waals surface area contributed by atoms with Crippen LogP contribution in [0.3, 0.4) is 0 Å². The Hall–Kier alpha value is -1.88. The predicted octanol–water partition coefficient (Wildman–Crippen LogP) is 3.37. The third kappa shape index (κ3) is 3.32. The fourth-order valence-electron chi connectivity index (χ4n) is 1.55. The lowest BCUT2D eigenvalue weighted by atomic mass is 10.3. The normalized spacial score (nSPS) is 10.2. The van der Waals surface area contributed by atoms with Gasteiger partial charge in [0, 0.05) is 16.2 Å². The molecular formula is C14H14O4S. The van der Waals surface area contributed by atoms with Gasteiger partial charge in [0.15, 0.2) is 0 Å². The number of carbonyl (C=O) groups is 1. The lowest BCUT2D eigenvalue weighted by Crippen LogP contribution is -2.02. The summed E-state index contributed by atoms with van der Waals surface area (Å²) in [6, 6.07) is 9.53. The van der Waals surface area contributed by atoms with Crippen LogP contribution in [0.4, 0.5) is 0 Å². The van der Waals surface area contributed by atoms with E-state index >= 15 is 0 Å². The Kier molecular flexibility index (Phi) is 4.52. The molecule has 0 radical (unpaired) electrons. The Morgan fingerprint density at radius 3 is 2.58 bits per heavy atom. The van der Waals surface area contributed by atoms with Crippen LogP contribution in [0.15, 0.2) is 45.9 Å². The summed E-state index contributed by atoms with van der Waals surface area (Å²) >= 11 is 1.62. The van der Waals surface area contributed by atoms with Crippen molar-refractivity contribution in [2.75, 3.05) is 14.2 Å². The van der Waals surface area contributed by atoms with E-state index in [9.17, 15) is 4.79 Å². The Labute approximate surface area is 115 Å². The third-order valence-corrected chi connectivity index (χ3v) is 3.63. The van der Waals surface area contributed by atoms with E-state index in [1.54, 1.807) is 24.9 Å². The number of thioether (sulfide) groups is 1. The topological polar surface area (TPSA) is 48.7 Å². The zero-order valence-corrected chi connectivity index (χ0v) is 11.5. The number of rotatable bonds is 5. The second kappa shape index (κ2) is 6.33. The number of carbonyl (C=O) groups excluding carboxylic acids is 1. The standard InChI is InChI=1S/C14H14O4S/c1-16-11-3-5-12(6-4-11)19-9-10-7-8-18-13(10)14(15)17-2/h3-8H,9H2,1-2H3. The fraction of sp³-hybridized carbons (Fsp3) is 0.214. The van der Waals surface area contributed by atoms with Gasteiger partial charge >= 0.3 is 5.97 Å². The summed E-state index contributed by atoms with van der Waals surface area (Å²) in [4.78, 5) is 12.5. The van der Waals surface area contributed by atoms with Crippen LogP contribution in [0.5, 0.6) is 5.75 Å². The largest absolute Gasteiger partial charge is 0.497 e. The monoisotopic (exact) mass is 278 g/mol. The Morgan fingerprint density at radius 2 is 1.95 bits per heavy atom. The van der Waals surface area contributed by atoms with Crippen LogP contribution in [-0.2, 0) is 10.5 Å². The maximum Gasteiger partial charge on any atom is 0.374 e.